The maximum absolute atomic E-state index is 12.9. The smallest absolute Gasteiger partial charge is 0.341 e. The second-order valence-electron chi connectivity index (χ2n) is 7.49. The number of methoxy groups -OCH3 is 1. The quantitative estimate of drug-likeness (QED) is 0.186. The van der Waals surface area contributed by atoms with E-state index in [4.69, 9.17) is 9.15 Å². The molecular formula is C24H23BrN4O4S2. The normalized spacial score (nSPS) is 11.0. The maximum Gasteiger partial charge on any atom is 0.341 e. The molecule has 3 heterocycles. The SMILES string of the molecule is CCCn1c(SCC(=O)Nc2sc(C)c(-c3ccccc3)c2C(=O)OC)nnc1-c1ccc(Br)o1. The lowest BCUT2D eigenvalue weighted by Crippen LogP contribution is -2.16. The van der Waals surface area contributed by atoms with Gasteiger partial charge in [0.2, 0.25) is 11.7 Å². The van der Waals surface area contributed by atoms with Gasteiger partial charge < -0.3 is 14.5 Å². The highest BCUT2D eigenvalue weighted by Gasteiger charge is 2.25. The van der Waals surface area contributed by atoms with E-state index in [1.807, 2.05) is 47.9 Å². The Labute approximate surface area is 219 Å². The van der Waals surface area contributed by atoms with Crippen molar-refractivity contribution >= 4 is 55.9 Å². The van der Waals surface area contributed by atoms with Gasteiger partial charge in [0, 0.05) is 17.0 Å². The maximum atomic E-state index is 12.9. The first-order valence-corrected chi connectivity index (χ1v) is 13.4. The van der Waals surface area contributed by atoms with Crippen molar-refractivity contribution in [3.8, 4) is 22.7 Å². The third-order valence-electron chi connectivity index (χ3n) is 5.08. The van der Waals surface area contributed by atoms with Crippen molar-refractivity contribution in [3.05, 3.63) is 57.6 Å². The number of rotatable bonds is 9. The summed E-state index contributed by atoms with van der Waals surface area (Å²) in [5.74, 6) is 0.554. The van der Waals surface area contributed by atoms with Crippen molar-refractivity contribution in [1.82, 2.24) is 14.8 Å². The number of esters is 1. The summed E-state index contributed by atoms with van der Waals surface area (Å²) in [6.45, 7) is 4.66. The van der Waals surface area contributed by atoms with Crippen LogP contribution >= 0.6 is 39.0 Å². The van der Waals surface area contributed by atoms with Crippen LogP contribution in [0.2, 0.25) is 0 Å². The van der Waals surface area contributed by atoms with E-state index in [9.17, 15) is 9.59 Å². The molecule has 0 radical (unpaired) electrons. The topological polar surface area (TPSA) is 99.2 Å². The van der Waals surface area contributed by atoms with E-state index >= 15 is 0 Å². The number of carbonyl (C=O) groups excluding carboxylic acids is 2. The Morgan fingerprint density at radius 3 is 2.63 bits per heavy atom. The van der Waals surface area contributed by atoms with Gasteiger partial charge in [0.15, 0.2) is 15.6 Å². The first-order chi connectivity index (χ1) is 16.9. The fourth-order valence-corrected chi connectivity index (χ4v) is 5.76. The summed E-state index contributed by atoms with van der Waals surface area (Å²) in [4.78, 5) is 26.5. The molecule has 11 heteroatoms. The minimum atomic E-state index is -0.493. The molecule has 0 spiro atoms. The number of furan rings is 1. The lowest BCUT2D eigenvalue weighted by atomic mass is 10.0. The van der Waals surface area contributed by atoms with Crippen LogP contribution < -0.4 is 5.32 Å². The zero-order valence-electron chi connectivity index (χ0n) is 19.3. The molecule has 1 amide bonds. The van der Waals surface area contributed by atoms with Gasteiger partial charge in [0.05, 0.1) is 12.9 Å². The van der Waals surface area contributed by atoms with Gasteiger partial charge in [-0.1, -0.05) is 49.0 Å². The zero-order chi connectivity index (χ0) is 24.9. The Kier molecular flexibility index (Phi) is 8.09. The predicted molar refractivity (Wildman–Crippen MR) is 141 cm³/mol. The lowest BCUT2D eigenvalue weighted by Gasteiger charge is -2.09. The number of amides is 1. The van der Waals surface area contributed by atoms with Crippen molar-refractivity contribution in [3.63, 3.8) is 0 Å². The summed E-state index contributed by atoms with van der Waals surface area (Å²) >= 11 is 5.94. The van der Waals surface area contributed by atoms with Crippen LogP contribution in [-0.2, 0) is 16.1 Å². The van der Waals surface area contributed by atoms with E-state index in [0.29, 0.717) is 38.5 Å². The lowest BCUT2D eigenvalue weighted by molar-refractivity contribution is -0.113. The fraction of sp³-hybridized carbons (Fsp3) is 0.250. The minimum Gasteiger partial charge on any atom is -0.465 e. The third-order valence-corrected chi connectivity index (χ3v) is 7.49. The summed E-state index contributed by atoms with van der Waals surface area (Å²) in [7, 11) is 1.33. The molecule has 0 saturated carbocycles. The second-order valence-corrected chi connectivity index (χ2v) is 10.4. The van der Waals surface area contributed by atoms with Crippen molar-refractivity contribution in [1.29, 1.82) is 0 Å². The number of thioether (sulfide) groups is 1. The average Bonchev–Trinajstić information content (AvgIpc) is 3.55. The van der Waals surface area contributed by atoms with Crippen LogP contribution in [0.5, 0.6) is 0 Å². The molecule has 3 aromatic heterocycles. The molecule has 1 aromatic carbocycles. The molecule has 0 aliphatic heterocycles. The van der Waals surface area contributed by atoms with Crippen LogP contribution in [0.1, 0.15) is 28.6 Å². The van der Waals surface area contributed by atoms with Gasteiger partial charge in [-0.05, 0) is 47.0 Å². The molecule has 0 fully saturated rings. The van der Waals surface area contributed by atoms with E-state index in [1.54, 1.807) is 6.07 Å². The highest BCUT2D eigenvalue weighted by atomic mass is 79.9. The van der Waals surface area contributed by atoms with Gasteiger partial charge in [-0.15, -0.1) is 21.5 Å². The molecule has 8 nitrogen and oxygen atoms in total. The molecule has 4 rings (SSSR count). The number of nitrogens with zero attached hydrogens (tertiary/aromatic N) is 3. The van der Waals surface area contributed by atoms with Crippen molar-refractivity contribution < 1.29 is 18.7 Å². The number of benzene rings is 1. The molecule has 0 saturated heterocycles. The van der Waals surface area contributed by atoms with E-state index in [0.717, 1.165) is 22.4 Å². The predicted octanol–water partition coefficient (Wildman–Crippen LogP) is 6.26. The van der Waals surface area contributed by atoms with E-state index in [1.165, 1.54) is 30.2 Å². The average molecular weight is 576 g/mol. The number of ether oxygens (including phenoxy) is 1. The Bertz CT molecular complexity index is 1350. The molecule has 0 unspecified atom stereocenters. The van der Waals surface area contributed by atoms with Crippen LogP contribution in [0.3, 0.4) is 0 Å². The van der Waals surface area contributed by atoms with E-state index in [2.05, 4.69) is 38.4 Å². The number of hydrogen-bond acceptors (Lipinski definition) is 8. The van der Waals surface area contributed by atoms with Crippen molar-refractivity contribution in [2.24, 2.45) is 0 Å². The molecule has 35 heavy (non-hydrogen) atoms. The second kappa shape index (κ2) is 11.2. The number of aryl methyl sites for hydroxylation is 1. The van der Waals surface area contributed by atoms with Crippen LogP contribution in [0.4, 0.5) is 5.00 Å². The number of thiophene rings is 1. The first kappa shape index (κ1) is 25.2. The Morgan fingerprint density at radius 1 is 1.20 bits per heavy atom. The van der Waals surface area contributed by atoms with Gasteiger partial charge in [0.25, 0.3) is 0 Å². The molecule has 0 bridgehead atoms. The van der Waals surface area contributed by atoms with Crippen molar-refractivity contribution in [2.45, 2.75) is 32.0 Å². The zero-order valence-corrected chi connectivity index (χ0v) is 22.6. The largest absolute Gasteiger partial charge is 0.465 e. The Hall–Kier alpha value is -2.89. The summed E-state index contributed by atoms with van der Waals surface area (Å²) in [6.07, 6.45) is 0.867. The number of anilines is 1. The summed E-state index contributed by atoms with van der Waals surface area (Å²) in [6, 6.07) is 13.2. The number of aromatic nitrogens is 3. The van der Waals surface area contributed by atoms with Gasteiger partial charge in [-0.25, -0.2) is 4.79 Å². The van der Waals surface area contributed by atoms with Gasteiger partial charge in [0.1, 0.15) is 10.6 Å². The molecular weight excluding hydrogens is 552 g/mol. The van der Waals surface area contributed by atoms with E-state index in [-0.39, 0.29) is 11.7 Å². The summed E-state index contributed by atoms with van der Waals surface area (Å²) in [5, 5.41) is 12.5. The van der Waals surface area contributed by atoms with Crippen LogP contribution in [0, 0.1) is 6.92 Å². The highest BCUT2D eigenvalue weighted by molar-refractivity contribution is 9.10. The standard InChI is InChI=1S/C24H23BrN4O4S2/c1-4-12-29-21(16-10-11-17(25)33-16)27-28-24(29)34-13-18(30)26-22-20(23(31)32-3)19(14(2)35-22)15-8-6-5-7-9-15/h5-11H,4,12-13H2,1-3H3,(H,26,30). The third kappa shape index (κ3) is 5.52. The molecule has 0 atom stereocenters. The molecule has 4 aromatic rings. The van der Waals surface area contributed by atoms with Crippen LogP contribution in [0.25, 0.3) is 22.7 Å². The fourth-order valence-electron chi connectivity index (χ4n) is 3.61. The molecule has 1 N–H and O–H groups in total. The number of nitrogens with one attached hydrogen (secondary N) is 1. The number of hydrogen-bond donors (Lipinski definition) is 1. The van der Waals surface area contributed by atoms with E-state index < -0.39 is 5.97 Å². The van der Waals surface area contributed by atoms with Crippen LogP contribution in [-0.4, -0.2) is 39.5 Å². The molecule has 0 aliphatic rings. The van der Waals surface area contributed by atoms with Crippen LogP contribution in [0.15, 0.2) is 56.7 Å². The molecule has 182 valence electrons. The van der Waals surface area contributed by atoms with Gasteiger partial charge in [-0.2, -0.15) is 0 Å². The summed E-state index contributed by atoms with van der Waals surface area (Å²) < 4.78 is 13.2. The van der Waals surface area contributed by atoms with Gasteiger partial charge in [-0.3, -0.25) is 9.36 Å². The highest BCUT2D eigenvalue weighted by Crippen LogP contribution is 2.40. The minimum absolute atomic E-state index is 0.0991. The Morgan fingerprint density at radius 2 is 1.97 bits per heavy atom. The number of halogens is 1. The van der Waals surface area contributed by atoms with Crippen molar-refractivity contribution in [2.75, 3.05) is 18.2 Å². The first-order valence-electron chi connectivity index (χ1n) is 10.8. The monoisotopic (exact) mass is 574 g/mol. The summed E-state index contributed by atoms with van der Waals surface area (Å²) in [5.41, 5.74) is 2.02. The van der Waals surface area contributed by atoms with Gasteiger partial charge >= 0.3 is 5.97 Å². The molecule has 0 aliphatic carbocycles. The number of carbonyl (C=O) groups is 2. The Balaban J connectivity index is 1.54.